The molecule has 17 heavy (non-hydrogen) atoms. The summed E-state index contributed by atoms with van der Waals surface area (Å²) in [4.78, 5) is 0. The molecule has 0 radical (unpaired) electrons. The lowest BCUT2D eigenvalue weighted by atomic mass is 10.0. The second-order valence-corrected chi connectivity index (χ2v) is 3.64. The Morgan fingerprint density at radius 2 is 2.18 bits per heavy atom. The zero-order valence-electron chi connectivity index (χ0n) is 12.9. The summed E-state index contributed by atoms with van der Waals surface area (Å²) in [5, 5.41) is 21.5. The van der Waals surface area contributed by atoms with Crippen LogP contribution in [0.15, 0.2) is 30.3 Å². The molecule has 0 aromatic heterocycles. The van der Waals surface area contributed by atoms with E-state index in [1.54, 1.807) is 0 Å². The van der Waals surface area contributed by atoms with Crippen molar-refractivity contribution in [1.29, 1.82) is 5.26 Å². The highest BCUT2D eigenvalue weighted by molar-refractivity contribution is 5.19. The standard InChI is InChI=1S/C14H20N2O/c1-2-3-9-13(10-15)16-14(11-17)12-7-5-4-6-8-12/h4-8,13-14,16-17H,2-3,9,11H2,1H3/t13-,14-/m0/s1/i2D,3D,9D/t2-,3+,9-,13-,14-. The van der Waals surface area contributed by atoms with Gasteiger partial charge in [0.05, 0.1) is 24.8 Å². The second-order valence-electron chi connectivity index (χ2n) is 3.64. The molecule has 0 amide bonds. The highest BCUT2D eigenvalue weighted by Crippen LogP contribution is 2.13. The molecular weight excluding hydrogens is 212 g/mol. The first kappa shape index (κ1) is 9.64. The summed E-state index contributed by atoms with van der Waals surface area (Å²) in [6.45, 7) is 1.34. The van der Waals surface area contributed by atoms with Gasteiger partial charge < -0.3 is 5.11 Å². The van der Waals surface area contributed by atoms with E-state index in [2.05, 4.69) is 5.32 Å². The van der Waals surface area contributed by atoms with Crippen molar-refractivity contribution in [2.75, 3.05) is 6.61 Å². The summed E-state index contributed by atoms with van der Waals surface area (Å²) in [5.74, 6) is 0. The van der Waals surface area contributed by atoms with Crippen molar-refractivity contribution in [2.24, 2.45) is 0 Å². The van der Waals surface area contributed by atoms with Gasteiger partial charge in [-0.15, -0.1) is 0 Å². The van der Waals surface area contributed by atoms with Crippen LogP contribution in [0.1, 0.15) is 41.8 Å². The summed E-state index contributed by atoms with van der Waals surface area (Å²) in [6, 6.07) is 9.77. The molecule has 5 atom stereocenters. The third-order valence-electron chi connectivity index (χ3n) is 2.40. The molecule has 0 bridgehead atoms. The van der Waals surface area contributed by atoms with Crippen LogP contribution in [0, 0.1) is 11.3 Å². The Kier molecular flexibility index (Phi) is 4.44. The van der Waals surface area contributed by atoms with Crippen LogP contribution in [-0.2, 0) is 0 Å². The zero-order valence-corrected chi connectivity index (χ0v) is 9.88. The normalized spacial score (nSPS) is 22.1. The van der Waals surface area contributed by atoms with Gasteiger partial charge in [0.25, 0.3) is 0 Å². The molecule has 3 heteroatoms. The maximum atomic E-state index is 9.44. The molecule has 0 heterocycles. The first-order chi connectivity index (χ1) is 9.51. The molecule has 0 fully saturated rings. The molecule has 1 aromatic carbocycles. The fourth-order valence-corrected chi connectivity index (χ4v) is 1.51. The van der Waals surface area contributed by atoms with E-state index in [1.165, 1.54) is 6.92 Å². The number of aliphatic hydroxyl groups is 1. The Labute approximate surface area is 107 Å². The fraction of sp³-hybridized carbons (Fsp3) is 0.500. The van der Waals surface area contributed by atoms with Gasteiger partial charge in [-0.1, -0.05) is 50.0 Å². The summed E-state index contributed by atoms with van der Waals surface area (Å²) in [7, 11) is 0. The van der Waals surface area contributed by atoms with Gasteiger partial charge in [-0.2, -0.15) is 5.26 Å². The van der Waals surface area contributed by atoms with E-state index in [9.17, 15) is 5.11 Å². The molecular formula is C14H20N2O. The van der Waals surface area contributed by atoms with Gasteiger partial charge >= 0.3 is 0 Å². The molecule has 92 valence electrons. The third kappa shape index (κ3) is 4.56. The van der Waals surface area contributed by atoms with Crippen LogP contribution in [0.2, 0.25) is 0 Å². The van der Waals surface area contributed by atoms with E-state index in [0.29, 0.717) is 0 Å². The predicted molar refractivity (Wildman–Crippen MR) is 68.3 cm³/mol. The number of nitriles is 1. The first-order valence-corrected chi connectivity index (χ1v) is 5.59. The van der Waals surface area contributed by atoms with Gasteiger partial charge in [0.1, 0.15) is 0 Å². The van der Waals surface area contributed by atoms with E-state index in [4.69, 9.17) is 9.37 Å². The topological polar surface area (TPSA) is 56.0 Å². The molecule has 0 aliphatic heterocycles. The average molecular weight is 235 g/mol. The van der Waals surface area contributed by atoms with Gasteiger partial charge in [-0.25, -0.2) is 0 Å². The number of aliphatic hydroxyl groups excluding tert-OH is 1. The van der Waals surface area contributed by atoms with Gasteiger partial charge in [0.15, 0.2) is 0 Å². The Bertz CT molecular complexity index is 436. The minimum absolute atomic E-state index is 0.200. The van der Waals surface area contributed by atoms with Crippen molar-refractivity contribution in [3.63, 3.8) is 0 Å². The van der Waals surface area contributed by atoms with Crippen LogP contribution in [0.25, 0.3) is 0 Å². The Morgan fingerprint density at radius 1 is 1.47 bits per heavy atom. The van der Waals surface area contributed by atoms with Gasteiger partial charge in [-0.05, 0) is 12.0 Å². The highest BCUT2D eigenvalue weighted by Gasteiger charge is 2.15. The monoisotopic (exact) mass is 235 g/mol. The highest BCUT2D eigenvalue weighted by atomic mass is 16.3. The summed E-state index contributed by atoms with van der Waals surface area (Å²) >= 11 is 0. The zero-order chi connectivity index (χ0) is 15.1. The molecule has 0 aliphatic carbocycles. The number of hydrogen-bond donors (Lipinski definition) is 2. The molecule has 0 saturated heterocycles. The van der Waals surface area contributed by atoms with Crippen molar-refractivity contribution < 1.29 is 9.22 Å². The average Bonchev–Trinajstić information content (AvgIpc) is 2.48. The number of nitrogens with one attached hydrogen (secondary N) is 1. The van der Waals surface area contributed by atoms with Crippen LogP contribution < -0.4 is 5.32 Å². The smallest absolute Gasteiger partial charge is 0.0958 e. The van der Waals surface area contributed by atoms with Crippen molar-refractivity contribution in [3.05, 3.63) is 35.9 Å². The number of benzene rings is 1. The lowest BCUT2D eigenvalue weighted by Gasteiger charge is -2.20. The summed E-state index contributed by atoms with van der Waals surface area (Å²) in [5.41, 5.74) is 0.822. The Balaban J connectivity index is 2.79. The van der Waals surface area contributed by atoms with E-state index in [0.717, 1.165) is 5.56 Å². The van der Waals surface area contributed by atoms with E-state index < -0.39 is 31.3 Å². The molecule has 1 aromatic rings. The lowest BCUT2D eigenvalue weighted by molar-refractivity contribution is 0.237. The van der Waals surface area contributed by atoms with Crippen LogP contribution in [0.5, 0.6) is 0 Å². The van der Waals surface area contributed by atoms with Crippen LogP contribution >= 0.6 is 0 Å². The molecule has 2 N–H and O–H groups in total. The predicted octanol–water partition coefficient (Wildman–Crippen LogP) is 2.39. The molecule has 0 spiro atoms. The molecule has 0 aliphatic rings. The minimum Gasteiger partial charge on any atom is -0.394 e. The summed E-state index contributed by atoms with van der Waals surface area (Å²) < 4.78 is 23.1. The van der Waals surface area contributed by atoms with Crippen LogP contribution in [0.3, 0.4) is 0 Å². The van der Waals surface area contributed by atoms with Gasteiger partial charge in [0.2, 0.25) is 0 Å². The van der Waals surface area contributed by atoms with Gasteiger partial charge in [0, 0.05) is 4.11 Å². The molecule has 3 nitrogen and oxygen atoms in total. The van der Waals surface area contributed by atoms with Crippen LogP contribution in [-0.4, -0.2) is 17.8 Å². The quantitative estimate of drug-likeness (QED) is 0.763. The van der Waals surface area contributed by atoms with E-state index in [-0.39, 0.29) is 6.61 Å². The van der Waals surface area contributed by atoms with E-state index in [1.807, 2.05) is 36.4 Å². The molecule has 1 rings (SSSR count). The van der Waals surface area contributed by atoms with Crippen molar-refractivity contribution in [2.45, 2.75) is 38.2 Å². The number of hydrogen-bond acceptors (Lipinski definition) is 3. The number of nitrogens with zero attached hydrogens (tertiary/aromatic N) is 1. The van der Waals surface area contributed by atoms with Crippen molar-refractivity contribution >= 4 is 0 Å². The lowest BCUT2D eigenvalue weighted by Crippen LogP contribution is -2.33. The first-order valence-electron chi connectivity index (χ1n) is 7.32. The Morgan fingerprint density at radius 3 is 2.71 bits per heavy atom. The number of rotatable bonds is 7. The Hall–Kier alpha value is -1.37. The third-order valence-corrected chi connectivity index (χ3v) is 2.40. The largest absolute Gasteiger partial charge is 0.394 e. The maximum absolute atomic E-state index is 9.44. The van der Waals surface area contributed by atoms with Crippen molar-refractivity contribution in [3.8, 4) is 6.07 Å². The second kappa shape index (κ2) is 7.83. The van der Waals surface area contributed by atoms with Crippen LogP contribution in [0.4, 0.5) is 0 Å². The maximum Gasteiger partial charge on any atom is 0.0958 e. The fourth-order valence-electron chi connectivity index (χ4n) is 1.51. The van der Waals surface area contributed by atoms with Gasteiger partial charge in [-0.3, -0.25) is 5.32 Å². The summed E-state index contributed by atoms with van der Waals surface area (Å²) in [6.07, 6.45) is -2.74. The molecule has 0 saturated carbocycles. The van der Waals surface area contributed by atoms with Crippen molar-refractivity contribution in [1.82, 2.24) is 5.32 Å². The van der Waals surface area contributed by atoms with E-state index >= 15 is 0 Å². The minimum atomic E-state index is -1.04. The molecule has 0 unspecified atom stereocenters. The SMILES string of the molecule is [2H][C@@H]([C@H]([2H])[C@@H](C#N)N[C@@H](CO)c1ccccc1)[C@@H]([2H])C.